The van der Waals surface area contributed by atoms with E-state index in [1.165, 1.54) is 60.3 Å². The summed E-state index contributed by atoms with van der Waals surface area (Å²) in [5, 5.41) is 7.36. The molecule has 0 aliphatic heterocycles. The molecule has 2 heteroatoms. The first-order valence-electron chi connectivity index (χ1n) is 14.6. The highest BCUT2D eigenvalue weighted by Crippen LogP contribution is 2.48. The van der Waals surface area contributed by atoms with Crippen LogP contribution in [0.2, 0.25) is 0 Å². The molecule has 9 rings (SSSR count). The minimum Gasteiger partial charge on any atom is -0.436 e. The van der Waals surface area contributed by atoms with Crippen LogP contribution in [0.25, 0.3) is 88.3 Å². The highest BCUT2D eigenvalue weighted by Gasteiger charge is 2.22. The summed E-state index contributed by atoms with van der Waals surface area (Å²) in [6.45, 7) is 0. The second-order valence-electron chi connectivity index (χ2n) is 11.1. The minimum atomic E-state index is 0.642. The van der Waals surface area contributed by atoms with Crippen molar-refractivity contribution >= 4 is 43.4 Å². The van der Waals surface area contributed by atoms with E-state index in [-0.39, 0.29) is 0 Å². The SMILES string of the molecule is c1ccc(-c2cc(-c3ccccc3)c3ccc4c(-c5nc6ccccc6o5)cc(-c5ccccc5)c5ccc2c3c54)cc1. The van der Waals surface area contributed by atoms with Crippen LogP contribution in [0, 0.1) is 0 Å². The zero-order chi connectivity index (χ0) is 28.3. The minimum absolute atomic E-state index is 0.642. The van der Waals surface area contributed by atoms with Gasteiger partial charge in [0.05, 0.1) is 0 Å². The number of benzene rings is 8. The highest BCUT2D eigenvalue weighted by atomic mass is 16.3. The Morgan fingerprint density at radius 2 is 0.767 bits per heavy atom. The normalized spacial score (nSPS) is 11.7. The molecule has 1 heterocycles. The Labute approximate surface area is 248 Å². The lowest BCUT2D eigenvalue weighted by Gasteiger charge is -2.20. The van der Waals surface area contributed by atoms with Gasteiger partial charge in [0.2, 0.25) is 5.89 Å². The first kappa shape index (κ1) is 23.9. The first-order chi connectivity index (χ1) is 21.3. The van der Waals surface area contributed by atoms with Crippen LogP contribution in [-0.2, 0) is 0 Å². The summed E-state index contributed by atoms with van der Waals surface area (Å²) in [5.74, 6) is 0.642. The summed E-state index contributed by atoms with van der Waals surface area (Å²) in [7, 11) is 0. The van der Waals surface area contributed by atoms with Crippen molar-refractivity contribution < 1.29 is 4.42 Å². The van der Waals surface area contributed by atoms with E-state index in [1.54, 1.807) is 0 Å². The maximum atomic E-state index is 6.41. The maximum Gasteiger partial charge on any atom is 0.227 e. The van der Waals surface area contributed by atoms with E-state index in [4.69, 9.17) is 9.40 Å². The molecule has 9 aromatic rings. The van der Waals surface area contributed by atoms with Gasteiger partial charge in [0.15, 0.2) is 5.58 Å². The standard InChI is InChI=1S/C41H25NO/c1-4-12-26(13-5-1)33-24-34(27-14-6-2-7-15-27)30-22-23-32-36(41-42-37-18-10-11-19-38(37)43-41)25-35(28-16-8-3-9-17-28)31-21-20-29(33)39(30)40(31)32/h1-25H. The quantitative estimate of drug-likeness (QED) is 0.205. The molecule has 0 unspecified atom stereocenters. The number of rotatable bonds is 4. The van der Waals surface area contributed by atoms with E-state index >= 15 is 0 Å². The van der Waals surface area contributed by atoms with E-state index in [0.717, 1.165) is 22.0 Å². The topological polar surface area (TPSA) is 26.0 Å². The van der Waals surface area contributed by atoms with Crippen LogP contribution in [-0.4, -0.2) is 4.98 Å². The third-order valence-corrected chi connectivity index (χ3v) is 8.68. The summed E-state index contributed by atoms with van der Waals surface area (Å²) in [6, 6.07) is 53.9. The fourth-order valence-corrected chi connectivity index (χ4v) is 6.73. The van der Waals surface area contributed by atoms with Gasteiger partial charge >= 0.3 is 0 Å². The molecule has 0 spiro atoms. The number of hydrogen-bond acceptors (Lipinski definition) is 2. The summed E-state index contributed by atoms with van der Waals surface area (Å²) in [5.41, 5.74) is 9.88. The third kappa shape index (κ3) is 3.70. The molecule has 1 aromatic heterocycles. The highest BCUT2D eigenvalue weighted by molar-refractivity contribution is 6.31. The fraction of sp³-hybridized carbons (Fsp3) is 0. The van der Waals surface area contributed by atoms with Crippen LogP contribution in [0.15, 0.2) is 156 Å². The Morgan fingerprint density at radius 1 is 0.372 bits per heavy atom. The van der Waals surface area contributed by atoms with Crippen molar-refractivity contribution in [2.24, 2.45) is 0 Å². The summed E-state index contributed by atoms with van der Waals surface area (Å²) < 4.78 is 6.41. The van der Waals surface area contributed by atoms with Gasteiger partial charge in [-0.2, -0.15) is 0 Å². The van der Waals surface area contributed by atoms with Gasteiger partial charge < -0.3 is 4.42 Å². The molecule has 43 heavy (non-hydrogen) atoms. The molecule has 0 saturated carbocycles. The van der Waals surface area contributed by atoms with Gasteiger partial charge in [0.25, 0.3) is 0 Å². The van der Waals surface area contributed by atoms with Gasteiger partial charge in [-0.25, -0.2) is 4.98 Å². The summed E-state index contributed by atoms with van der Waals surface area (Å²) in [6.07, 6.45) is 0. The largest absolute Gasteiger partial charge is 0.436 e. The second kappa shape index (κ2) is 9.40. The molecule has 0 fully saturated rings. The first-order valence-corrected chi connectivity index (χ1v) is 14.6. The predicted molar refractivity (Wildman–Crippen MR) is 179 cm³/mol. The Bertz CT molecular complexity index is 2330. The van der Waals surface area contributed by atoms with Crippen molar-refractivity contribution in [3.05, 3.63) is 152 Å². The Hall–Kier alpha value is -5.73. The number of para-hydroxylation sites is 2. The van der Waals surface area contributed by atoms with E-state index in [2.05, 4.69) is 127 Å². The van der Waals surface area contributed by atoms with Crippen molar-refractivity contribution in [2.45, 2.75) is 0 Å². The molecule has 0 amide bonds. The van der Waals surface area contributed by atoms with Gasteiger partial charge in [-0.3, -0.25) is 0 Å². The molecule has 0 N–H and O–H groups in total. The molecule has 0 atom stereocenters. The van der Waals surface area contributed by atoms with Crippen LogP contribution >= 0.6 is 0 Å². The average molecular weight is 548 g/mol. The average Bonchev–Trinajstić information content (AvgIpc) is 3.52. The molecule has 0 aliphatic carbocycles. The Morgan fingerprint density at radius 3 is 1.23 bits per heavy atom. The molecule has 0 bridgehead atoms. The molecule has 200 valence electrons. The van der Waals surface area contributed by atoms with Crippen LogP contribution in [0.3, 0.4) is 0 Å². The molecular weight excluding hydrogens is 522 g/mol. The third-order valence-electron chi connectivity index (χ3n) is 8.68. The second-order valence-corrected chi connectivity index (χ2v) is 11.1. The monoisotopic (exact) mass is 547 g/mol. The van der Waals surface area contributed by atoms with Crippen molar-refractivity contribution in [1.82, 2.24) is 4.98 Å². The van der Waals surface area contributed by atoms with Gasteiger partial charge in [-0.1, -0.05) is 127 Å². The zero-order valence-corrected chi connectivity index (χ0v) is 23.3. The number of fused-ring (bicyclic) bond motifs is 1. The molecule has 0 saturated heterocycles. The van der Waals surface area contributed by atoms with Gasteiger partial charge in [0.1, 0.15) is 5.52 Å². The van der Waals surface area contributed by atoms with E-state index in [9.17, 15) is 0 Å². The van der Waals surface area contributed by atoms with Crippen LogP contribution in [0.5, 0.6) is 0 Å². The smallest absolute Gasteiger partial charge is 0.227 e. The van der Waals surface area contributed by atoms with Crippen molar-refractivity contribution in [1.29, 1.82) is 0 Å². The van der Waals surface area contributed by atoms with Crippen LogP contribution < -0.4 is 0 Å². The lowest BCUT2D eigenvalue weighted by atomic mass is 9.83. The number of aromatic nitrogens is 1. The van der Waals surface area contributed by atoms with Crippen LogP contribution in [0.4, 0.5) is 0 Å². The lowest BCUT2D eigenvalue weighted by Crippen LogP contribution is -1.94. The van der Waals surface area contributed by atoms with Gasteiger partial charge in [0, 0.05) is 5.56 Å². The van der Waals surface area contributed by atoms with Crippen molar-refractivity contribution in [3.63, 3.8) is 0 Å². The fourth-order valence-electron chi connectivity index (χ4n) is 6.73. The molecule has 0 aliphatic rings. The van der Waals surface area contributed by atoms with E-state index in [1.807, 2.05) is 24.3 Å². The molecule has 2 nitrogen and oxygen atoms in total. The van der Waals surface area contributed by atoms with Crippen LogP contribution in [0.1, 0.15) is 0 Å². The number of oxazole rings is 1. The zero-order valence-electron chi connectivity index (χ0n) is 23.3. The summed E-state index contributed by atoms with van der Waals surface area (Å²) >= 11 is 0. The molecule has 0 radical (unpaired) electrons. The Kier molecular flexibility index (Phi) is 5.23. The van der Waals surface area contributed by atoms with Gasteiger partial charge in [-0.05, 0) is 90.0 Å². The Balaban J connectivity index is 1.48. The molecule has 8 aromatic carbocycles. The maximum absolute atomic E-state index is 6.41. The lowest BCUT2D eigenvalue weighted by molar-refractivity contribution is 0.620. The molecular formula is C41H25NO. The predicted octanol–water partition coefficient (Wildman–Crippen LogP) is 11.4. The van der Waals surface area contributed by atoms with E-state index < -0.39 is 0 Å². The van der Waals surface area contributed by atoms with Crippen molar-refractivity contribution in [2.75, 3.05) is 0 Å². The number of hydrogen-bond donors (Lipinski definition) is 0. The van der Waals surface area contributed by atoms with Gasteiger partial charge in [-0.15, -0.1) is 0 Å². The number of nitrogens with zero attached hydrogens (tertiary/aromatic N) is 1. The van der Waals surface area contributed by atoms with Crippen molar-refractivity contribution in [3.8, 4) is 44.8 Å². The van der Waals surface area contributed by atoms with E-state index in [0.29, 0.717) is 5.89 Å². The summed E-state index contributed by atoms with van der Waals surface area (Å²) in [4.78, 5) is 4.96.